The molecule has 0 amide bonds. The van der Waals surface area contributed by atoms with Gasteiger partial charge in [0.05, 0.1) is 27.7 Å². The van der Waals surface area contributed by atoms with E-state index in [1.165, 1.54) is 360 Å². The van der Waals surface area contributed by atoms with Gasteiger partial charge in [0, 0.05) is 12.8 Å². The SMILES string of the molecule is CCCCCCCCCCCCCCCCCCCCCCCCCCCCCCCCCCCCCCCCCCCC(=O)OC(COC(=O)CCCCCCCCCCCCCCCCCCCCCCC)COP(=O)(O)OCC[N+](C)(C)C. The Labute approximate surface area is 537 Å². The number of carbonyl (C=O) groups excluding carboxylic acids is 2. The Morgan fingerprint density at radius 3 is 0.744 bits per heavy atom. The Morgan fingerprint density at radius 1 is 0.314 bits per heavy atom. The van der Waals surface area contributed by atoms with E-state index in [4.69, 9.17) is 18.5 Å². The molecule has 0 heterocycles. The van der Waals surface area contributed by atoms with E-state index in [1.54, 1.807) is 0 Å². The van der Waals surface area contributed by atoms with E-state index in [1.807, 2.05) is 21.1 Å². The zero-order valence-corrected chi connectivity index (χ0v) is 59.8. The van der Waals surface area contributed by atoms with E-state index in [0.717, 1.165) is 38.5 Å². The van der Waals surface area contributed by atoms with E-state index in [9.17, 15) is 19.0 Å². The van der Waals surface area contributed by atoms with Gasteiger partial charge in [-0.15, -0.1) is 0 Å². The standard InChI is InChI=1S/C76H152NO8P/c1-6-8-10-12-14-16-18-20-22-24-26-28-29-30-31-32-33-34-35-36-37-38-39-40-41-42-43-44-45-46-47-49-51-53-55-57-59-61-63-65-67-69-76(79)85-74(73-84-86(80,81)83-71-70-77(3,4)5)72-82-75(78)68-66-64-62-60-58-56-54-52-50-48-27-25-23-21-19-17-15-13-11-9-7-2/h74H,6-73H2,1-5H3/p+1. The van der Waals surface area contributed by atoms with Crippen LogP contribution in [0, 0.1) is 0 Å². The van der Waals surface area contributed by atoms with Crippen LogP contribution in [0.4, 0.5) is 0 Å². The van der Waals surface area contributed by atoms with Crippen molar-refractivity contribution in [3.05, 3.63) is 0 Å². The minimum atomic E-state index is -4.39. The molecule has 9 nitrogen and oxygen atoms in total. The minimum Gasteiger partial charge on any atom is -0.462 e. The van der Waals surface area contributed by atoms with Crippen LogP contribution in [-0.4, -0.2) is 74.9 Å². The number of phosphoric ester groups is 1. The third-order valence-corrected chi connectivity index (χ3v) is 19.1. The van der Waals surface area contributed by atoms with Crippen molar-refractivity contribution in [1.82, 2.24) is 0 Å². The molecule has 0 spiro atoms. The lowest BCUT2D eigenvalue weighted by molar-refractivity contribution is -0.870. The Bertz CT molecular complexity index is 1410. The average molecular weight is 1240 g/mol. The van der Waals surface area contributed by atoms with Crippen LogP contribution in [0.25, 0.3) is 0 Å². The molecule has 0 saturated carbocycles. The first-order chi connectivity index (χ1) is 42.0. The number of ether oxygens (including phenoxy) is 2. The monoisotopic (exact) mass is 1240 g/mol. The number of esters is 2. The van der Waals surface area contributed by atoms with E-state index in [2.05, 4.69) is 13.8 Å². The van der Waals surface area contributed by atoms with Crippen molar-refractivity contribution in [1.29, 1.82) is 0 Å². The molecule has 0 saturated heterocycles. The number of rotatable bonds is 74. The van der Waals surface area contributed by atoms with Crippen LogP contribution in [-0.2, 0) is 32.7 Å². The maximum atomic E-state index is 12.9. The largest absolute Gasteiger partial charge is 0.472 e. The van der Waals surface area contributed by atoms with Crippen molar-refractivity contribution in [2.24, 2.45) is 0 Å². The molecule has 0 fully saturated rings. The highest BCUT2D eigenvalue weighted by atomic mass is 31.2. The van der Waals surface area contributed by atoms with Crippen molar-refractivity contribution < 1.29 is 42.1 Å². The highest BCUT2D eigenvalue weighted by molar-refractivity contribution is 7.47. The topological polar surface area (TPSA) is 108 Å². The molecule has 0 aromatic rings. The molecule has 10 heteroatoms. The number of phosphoric acid groups is 1. The molecular weight excluding hydrogens is 1090 g/mol. The zero-order chi connectivity index (χ0) is 62.6. The Morgan fingerprint density at radius 2 is 0.523 bits per heavy atom. The number of likely N-dealkylation sites (N-methyl/N-ethyl adjacent to an activating group) is 1. The molecular formula is C76H153NO8P+. The maximum absolute atomic E-state index is 12.9. The lowest BCUT2D eigenvalue weighted by Crippen LogP contribution is -2.37. The molecule has 1 N–H and O–H groups in total. The summed E-state index contributed by atoms with van der Waals surface area (Å²) in [6.45, 7) is 4.53. The summed E-state index contributed by atoms with van der Waals surface area (Å²) in [6, 6.07) is 0. The van der Waals surface area contributed by atoms with Crippen LogP contribution in [0.2, 0.25) is 0 Å². The molecule has 0 radical (unpaired) electrons. The molecule has 86 heavy (non-hydrogen) atoms. The molecule has 0 rings (SSSR count). The molecule has 0 bridgehead atoms. The van der Waals surface area contributed by atoms with E-state index in [-0.39, 0.29) is 25.6 Å². The van der Waals surface area contributed by atoms with Crippen molar-refractivity contribution in [3.63, 3.8) is 0 Å². The van der Waals surface area contributed by atoms with Crippen molar-refractivity contribution in [2.75, 3.05) is 47.5 Å². The molecule has 0 aliphatic carbocycles. The summed E-state index contributed by atoms with van der Waals surface area (Å²) < 4.78 is 34.8. The van der Waals surface area contributed by atoms with Gasteiger partial charge < -0.3 is 18.9 Å². The average Bonchev–Trinajstić information content (AvgIpc) is 3.70. The van der Waals surface area contributed by atoms with Gasteiger partial charge in [-0.3, -0.25) is 18.6 Å². The molecule has 0 aromatic carbocycles. The summed E-state index contributed by atoms with van der Waals surface area (Å²) in [6.07, 6.45) is 84.0. The van der Waals surface area contributed by atoms with Crippen LogP contribution in [0.3, 0.4) is 0 Å². The Balaban J connectivity index is 3.83. The fraction of sp³-hybridized carbons (Fsp3) is 0.974. The smallest absolute Gasteiger partial charge is 0.462 e. The molecule has 514 valence electrons. The predicted octanol–water partition coefficient (Wildman–Crippen LogP) is 25.3. The van der Waals surface area contributed by atoms with Crippen LogP contribution in [0.1, 0.15) is 425 Å². The van der Waals surface area contributed by atoms with Gasteiger partial charge in [-0.05, 0) is 12.8 Å². The first-order valence-corrected chi connectivity index (χ1v) is 40.3. The van der Waals surface area contributed by atoms with Gasteiger partial charge >= 0.3 is 19.8 Å². The minimum absolute atomic E-state index is 0.0377. The Hall–Kier alpha value is -0.990. The molecule has 2 unspecified atom stereocenters. The third-order valence-electron chi connectivity index (χ3n) is 18.1. The number of unbranched alkanes of at least 4 members (excludes halogenated alkanes) is 60. The maximum Gasteiger partial charge on any atom is 0.472 e. The first-order valence-electron chi connectivity index (χ1n) is 38.8. The van der Waals surface area contributed by atoms with Gasteiger partial charge in [-0.25, -0.2) is 4.57 Å². The molecule has 0 aliphatic heterocycles. The first kappa shape index (κ1) is 85.0. The van der Waals surface area contributed by atoms with Crippen molar-refractivity contribution >= 4 is 19.8 Å². The van der Waals surface area contributed by atoms with Gasteiger partial charge in [0.2, 0.25) is 0 Å². The summed E-state index contributed by atoms with van der Waals surface area (Å²) in [5, 5.41) is 0. The Kier molecular flexibility index (Phi) is 67.6. The normalized spacial score (nSPS) is 13.0. The van der Waals surface area contributed by atoms with Gasteiger partial charge in [-0.1, -0.05) is 399 Å². The fourth-order valence-corrected chi connectivity index (χ4v) is 12.9. The van der Waals surface area contributed by atoms with Crippen LogP contribution in [0.5, 0.6) is 0 Å². The van der Waals surface area contributed by atoms with Crippen molar-refractivity contribution in [2.45, 2.75) is 431 Å². The van der Waals surface area contributed by atoms with E-state index < -0.39 is 26.5 Å². The van der Waals surface area contributed by atoms with E-state index in [0.29, 0.717) is 17.4 Å². The lowest BCUT2D eigenvalue weighted by atomic mass is 10.0. The summed E-state index contributed by atoms with van der Waals surface area (Å²) in [4.78, 5) is 35.9. The van der Waals surface area contributed by atoms with Crippen LogP contribution < -0.4 is 0 Å². The summed E-state index contributed by atoms with van der Waals surface area (Å²) in [5.41, 5.74) is 0. The predicted molar refractivity (Wildman–Crippen MR) is 372 cm³/mol. The number of nitrogens with zero attached hydrogens (tertiary/aromatic N) is 1. The quantitative estimate of drug-likeness (QED) is 0.0278. The van der Waals surface area contributed by atoms with Gasteiger partial charge in [0.1, 0.15) is 19.8 Å². The second-order valence-corrected chi connectivity index (χ2v) is 29.6. The second-order valence-electron chi connectivity index (χ2n) is 28.1. The lowest BCUT2D eigenvalue weighted by Gasteiger charge is -2.24. The highest BCUT2D eigenvalue weighted by Crippen LogP contribution is 2.43. The number of hydrogen-bond donors (Lipinski definition) is 1. The number of quaternary nitrogens is 1. The summed E-state index contributed by atoms with van der Waals surface area (Å²) in [7, 11) is 1.51. The second kappa shape index (κ2) is 68.4. The third kappa shape index (κ3) is 72.1. The van der Waals surface area contributed by atoms with E-state index >= 15 is 0 Å². The van der Waals surface area contributed by atoms with Crippen LogP contribution >= 0.6 is 7.82 Å². The van der Waals surface area contributed by atoms with Gasteiger partial charge in [0.15, 0.2) is 6.10 Å². The fourth-order valence-electron chi connectivity index (χ4n) is 12.2. The van der Waals surface area contributed by atoms with Crippen molar-refractivity contribution in [3.8, 4) is 0 Å². The van der Waals surface area contributed by atoms with Gasteiger partial charge in [0.25, 0.3) is 0 Å². The summed E-state index contributed by atoms with van der Waals surface area (Å²) >= 11 is 0. The van der Waals surface area contributed by atoms with Crippen LogP contribution in [0.15, 0.2) is 0 Å². The summed E-state index contributed by atoms with van der Waals surface area (Å²) in [5.74, 6) is -0.767. The molecule has 2 atom stereocenters. The molecule has 0 aliphatic rings. The molecule has 0 aromatic heterocycles. The number of hydrogen-bond acceptors (Lipinski definition) is 7. The number of carbonyl (C=O) groups is 2. The highest BCUT2D eigenvalue weighted by Gasteiger charge is 2.27. The van der Waals surface area contributed by atoms with Gasteiger partial charge in [-0.2, -0.15) is 0 Å². The zero-order valence-electron chi connectivity index (χ0n) is 58.9.